The lowest BCUT2D eigenvalue weighted by atomic mass is 9.94. The molecule has 1 aromatic carbocycles. The van der Waals surface area contributed by atoms with Crippen molar-refractivity contribution >= 4 is 0 Å². The first-order chi connectivity index (χ1) is 9.06. The van der Waals surface area contributed by atoms with Crippen LogP contribution in [0.5, 0.6) is 0 Å². The summed E-state index contributed by atoms with van der Waals surface area (Å²) in [5.41, 5.74) is 4.61. The third-order valence-corrected chi connectivity index (χ3v) is 3.28. The Labute approximate surface area is 118 Å². The van der Waals surface area contributed by atoms with Crippen LogP contribution in [0.25, 0.3) is 0 Å². The molecule has 0 fully saturated rings. The third kappa shape index (κ3) is 5.44. The molecule has 1 aliphatic rings. The van der Waals surface area contributed by atoms with Crippen LogP contribution in [-0.4, -0.2) is 18.5 Å². The van der Waals surface area contributed by atoms with Crippen LogP contribution in [0.15, 0.2) is 43.5 Å². The molecular weight excluding hydrogens is 230 g/mol. The molecule has 0 unspecified atom stereocenters. The fourth-order valence-electron chi connectivity index (χ4n) is 2.35. The van der Waals surface area contributed by atoms with Crippen molar-refractivity contribution in [3.63, 3.8) is 0 Å². The quantitative estimate of drug-likeness (QED) is 0.732. The summed E-state index contributed by atoms with van der Waals surface area (Å²) in [6, 6.07) is 7.04. The molecule has 1 heteroatoms. The summed E-state index contributed by atoms with van der Waals surface area (Å²) in [5.74, 6) is 0.759. The Morgan fingerprint density at radius 3 is 2.47 bits per heavy atom. The van der Waals surface area contributed by atoms with Crippen LogP contribution >= 0.6 is 0 Å². The normalized spacial score (nSPS) is 14.3. The van der Waals surface area contributed by atoms with Gasteiger partial charge in [-0.3, -0.25) is 0 Å². The molecule has 0 radical (unpaired) electrons. The fourth-order valence-corrected chi connectivity index (χ4v) is 2.35. The van der Waals surface area contributed by atoms with E-state index in [1.165, 1.54) is 30.5 Å². The lowest BCUT2D eigenvalue weighted by Crippen LogP contribution is -2.26. The van der Waals surface area contributed by atoms with Crippen molar-refractivity contribution in [2.75, 3.05) is 13.6 Å². The summed E-state index contributed by atoms with van der Waals surface area (Å²) in [6.45, 7) is 13.6. The first kappa shape index (κ1) is 15.7. The van der Waals surface area contributed by atoms with E-state index in [1.807, 2.05) is 0 Å². The molecule has 19 heavy (non-hydrogen) atoms. The van der Waals surface area contributed by atoms with Crippen molar-refractivity contribution in [2.24, 2.45) is 5.92 Å². The largest absolute Gasteiger partial charge is 0.302 e. The van der Waals surface area contributed by atoms with Crippen molar-refractivity contribution in [1.29, 1.82) is 0 Å². The number of fused-ring (bicyclic) bond motifs is 1. The second-order valence-corrected chi connectivity index (χ2v) is 5.66. The lowest BCUT2D eigenvalue weighted by Gasteiger charge is -2.25. The van der Waals surface area contributed by atoms with Gasteiger partial charge >= 0.3 is 0 Å². The molecule has 0 aliphatic carbocycles. The number of hydrogen-bond donors (Lipinski definition) is 0. The molecular formula is C18H27N. The van der Waals surface area contributed by atoms with Gasteiger partial charge in [-0.05, 0) is 42.5 Å². The molecule has 0 amide bonds. The van der Waals surface area contributed by atoms with E-state index in [2.05, 4.69) is 57.2 Å². The van der Waals surface area contributed by atoms with Crippen molar-refractivity contribution in [3.8, 4) is 0 Å². The molecule has 1 heterocycles. The van der Waals surface area contributed by atoms with Gasteiger partial charge in [0.2, 0.25) is 0 Å². The molecule has 0 saturated heterocycles. The summed E-state index contributed by atoms with van der Waals surface area (Å²) in [5, 5.41) is 0. The summed E-state index contributed by atoms with van der Waals surface area (Å²) >= 11 is 0. The minimum Gasteiger partial charge on any atom is -0.302 e. The second kappa shape index (κ2) is 7.96. The molecule has 1 aromatic rings. The SMILES string of the molecule is C=CC=C.CC(C)Cc1ccc2c(c1)CCN(C)C2. The first-order valence-corrected chi connectivity index (χ1v) is 7.09. The summed E-state index contributed by atoms with van der Waals surface area (Å²) in [7, 11) is 2.20. The van der Waals surface area contributed by atoms with Crippen LogP contribution < -0.4 is 0 Å². The van der Waals surface area contributed by atoms with Gasteiger partial charge in [0.05, 0.1) is 0 Å². The zero-order valence-electron chi connectivity index (χ0n) is 12.7. The summed E-state index contributed by atoms with van der Waals surface area (Å²) in [6.07, 6.45) is 5.71. The fraction of sp³-hybridized carbons (Fsp3) is 0.444. The average Bonchev–Trinajstić information content (AvgIpc) is 2.38. The van der Waals surface area contributed by atoms with Crippen LogP contribution in [0.3, 0.4) is 0 Å². The molecule has 1 aliphatic heterocycles. The summed E-state index contributed by atoms with van der Waals surface area (Å²) in [4.78, 5) is 2.39. The van der Waals surface area contributed by atoms with Gasteiger partial charge in [-0.15, -0.1) is 0 Å². The van der Waals surface area contributed by atoms with Gasteiger partial charge in [0.15, 0.2) is 0 Å². The predicted octanol–water partition coefficient (Wildman–Crippen LogP) is 4.23. The highest BCUT2D eigenvalue weighted by Crippen LogP contribution is 2.20. The number of rotatable bonds is 3. The van der Waals surface area contributed by atoms with E-state index in [-0.39, 0.29) is 0 Å². The molecule has 1 nitrogen and oxygen atoms in total. The minimum atomic E-state index is 0.759. The van der Waals surface area contributed by atoms with Crippen LogP contribution in [0.1, 0.15) is 30.5 Å². The van der Waals surface area contributed by atoms with Crippen molar-refractivity contribution < 1.29 is 0 Å². The highest BCUT2D eigenvalue weighted by molar-refractivity contribution is 5.34. The third-order valence-electron chi connectivity index (χ3n) is 3.28. The number of nitrogens with zero attached hydrogens (tertiary/aromatic N) is 1. The van der Waals surface area contributed by atoms with Crippen molar-refractivity contribution in [1.82, 2.24) is 4.90 Å². The predicted molar refractivity (Wildman–Crippen MR) is 85.4 cm³/mol. The van der Waals surface area contributed by atoms with Gasteiger partial charge in [-0.25, -0.2) is 0 Å². The van der Waals surface area contributed by atoms with Gasteiger partial charge in [-0.2, -0.15) is 0 Å². The highest BCUT2D eigenvalue weighted by atomic mass is 15.1. The minimum absolute atomic E-state index is 0.759. The summed E-state index contributed by atoms with van der Waals surface area (Å²) < 4.78 is 0. The van der Waals surface area contributed by atoms with Crippen LogP contribution in [0, 0.1) is 5.92 Å². The van der Waals surface area contributed by atoms with Gasteiger partial charge in [0.1, 0.15) is 0 Å². The molecule has 0 aromatic heterocycles. The van der Waals surface area contributed by atoms with E-state index < -0.39 is 0 Å². The number of allylic oxidation sites excluding steroid dienone is 2. The molecule has 0 N–H and O–H groups in total. The molecule has 0 spiro atoms. The van der Waals surface area contributed by atoms with Crippen molar-refractivity contribution in [2.45, 2.75) is 33.2 Å². The van der Waals surface area contributed by atoms with Gasteiger partial charge < -0.3 is 4.90 Å². The van der Waals surface area contributed by atoms with E-state index in [9.17, 15) is 0 Å². The van der Waals surface area contributed by atoms with Crippen molar-refractivity contribution in [3.05, 3.63) is 60.2 Å². The molecule has 0 bridgehead atoms. The standard InChI is InChI=1S/C14H21N.C4H6/c1-11(2)8-12-4-5-14-10-15(3)7-6-13(14)9-12;1-3-4-2/h4-5,9,11H,6-8,10H2,1-3H3;3-4H,1-2H2. The first-order valence-electron chi connectivity index (χ1n) is 7.09. The Morgan fingerprint density at radius 2 is 1.89 bits per heavy atom. The number of benzene rings is 1. The van der Waals surface area contributed by atoms with E-state index >= 15 is 0 Å². The maximum absolute atomic E-state index is 3.36. The monoisotopic (exact) mass is 257 g/mol. The van der Waals surface area contributed by atoms with E-state index in [4.69, 9.17) is 0 Å². The van der Waals surface area contributed by atoms with E-state index in [0.29, 0.717) is 0 Å². The Balaban J connectivity index is 0.000000399. The zero-order chi connectivity index (χ0) is 14.3. The van der Waals surface area contributed by atoms with E-state index in [1.54, 1.807) is 17.7 Å². The molecule has 0 saturated carbocycles. The number of likely N-dealkylation sites (N-methyl/N-ethyl adjacent to an activating group) is 1. The average molecular weight is 257 g/mol. The maximum atomic E-state index is 3.36. The van der Waals surface area contributed by atoms with Crippen LogP contribution in [-0.2, 0) is 19.4 Å². The van der Waals surface area contributed by atoms with Gasteiger partial charge in [0, 0.05) is 13.1 Å². The Kier molecular flexibility index (Phi) is 6.58. The maximum Gasteiger partial charge on any atom is 0.0233 e. The van der Waals surface area contributed by atoms with Crippen LogP contribution in [0.2, 0.25) is 0 Å². The number of hydrogen-bond acceptors (Lipinski definition) is 1. The Hall–Kier alpha value is -1.34. The second-order valence-electron chi connectivity index (χ2n) is 5.66. The van der Waals surface area contributed by atoms with E-state index in [0.717, 1.165) is 12.5 Å². The molecule has 2 rings (SSSR count). The highest BCUT2D eigenvalue weighted by Gasteiger charge is 2.13. The topological polar surface area (TPSA) is 3.24 Å². The van der Waals surface area contributed by atoms with Crippen LogP contribution in [0.4, 0.5) is 0 Å². The zero-order valence-corrected chi connectivity index (χ0v) is 12.7. The lowest BCUT2D eigenvalue weighted by molar-refractivity contribution is 0.313. The van der Waals surface area contributed by atoms with Gasteiger partial charge in [-0.1, -0.05) is 57.4 Å². The molecule has 0 atom stereocenters. The Morgan fingerprint density at radius 1 is 1.21 bits per heavy atom. The Bertz CT molecular complexity index is 412. The smallest absolute Gasteiger partial charge is 0.0233 e. The molecule has 104 valence electrons. The van der Waals surface area contributed by atoms with Gasteiger partial charge in [0.25, 0.3) is 0 Å².